The van der Waals surface area contributed by atoms with E-state index in [1.807, 2.05) is 0 Å². The largest absolute Gasteiger partial charge is 0.477 e. The van der Waals surface area contributed by atoms with Crippen molar-refractivity contribution in [3.63, 3.8) is 0 Å². The van der Waals surface area contributed by atoms with E-state index in [0.29, 0.717) is 21.9 Å². The lowest BCUT2D eigenvalue weighted by Gasteiger charge is -2.49. The van der Waals surface area contributed by atoms with Crippen LogP contribution in [0.25, 0.3) is 0 Å². The predicted molar refractivity (Wildman–Crippen MR) is 120 cm³/mol. The number of hydrogen-bond acceptors (Lipinski definition) is 10. The third-order valence-corrected chi connectivity index (χ3v) is 8.61. The average molecular weight is 497 g/mol. The Kier molecular flexibility index (Phi) is 6.48. The molecule has 31 heavy (non-hydrogen) atoms. The van der Waals surface area contributed by atoms with Gasteiger partial charge in [0.05, 0.1) is 0 Å². The summed E-state index contributed by atoms with van der Waals surface area (Å²) in [7, 11) is 0. The fourth-order valence-electron chi connectivity index (χ4n) is 3.18. The van der Waals surface area contributed by atoms with Gasteiger partial charge in [-0.25, -0.2) is 9.78 Å². The van der Waals surface area contributed by atoms with Crippen molar-refractivity contribution >= 4 is 69.1 Å². The number of carbonyl (C=O) groups excluding carboxylic acids is 3. The Morgan fingerprint density at radius 2 is 2.19 bits per heavy atom. The highest BCUT2D eigenvalue weighted by Crippen LogP contribution is 2.41. The van der Waals surface area contributed by atoms with E-state index in [9.17, 15) is 24.3 Å². The smallest absolute Gasteiger partial charge is 0.352 e. The molecule has 4 N–H and O–H groups in total. The molecule has 1 unspecified atom stereocenters. The number of aromatic nitrogens is 1. The van der Waals surface area contributed by atoms with Crippen LogP contribution in [0.15, 0.2) is 39.7 Å². The van der Waals surface area contributed by atoms with Gasteiger partial charge in [-0.3, -0.25) is 19.3 Å². The van der Waals surface area contributed by atoms with Crippen LogP contribution in [0.3, 0.4) is 0 Å². The molecule has 0 radical (unpaired) electrons. The molecule has 4 heterocycles. The third-order valence-electron chi connectivity index (χ3n) is 4.72. The number of nitrogens with zero attached hydrogens (tertiary/aromatic N) is 2. The summed E-state index contributed by atoms with van der Waals surface area (Å²) >= 11 is 4.93. The maximum absolute atomic E-state index is 12.7. The first-order chi connectivity index (χ1) is 14.9. The molecule has 3 atom stereocenters. The van der Waals surface area contributed by atoms with E-state index in [4.69, 9.17) is 5.73 Å². The number of carbonyl (C=O) groups is 4. The Bertz CT molecular complexity index is 1050. The molecule has 4 rings (SSSR count). The number of carboxylic acid groups (broad SMARTS) is 1. The Morgan fingerprint density at radius 1 is 1.39 bits per heavy atom. The Morgan fingerprint density at radius 3 is 2.84 bits per heavy atom. The molecule has 0 bridgehead atoms. The summed E-state index contributed by atoms with van der Waals surface area (Å²) in [4.78, 5) is 54.4. The fraction of sp³-hybridized carbons (Fsp3) is 0.278. The van der Waals surface area contributed by atoms with E-state index < -0.39 is 35.2 Å². The molecule has 2 aromatic rings. The van der Waals surface area contributed by atoms with E-state index in [1.165, 1.54) is 45.5 Å². The van der Waals surface area contributed by atoms with Crippen LogP contribution in [0.1, 0.15) is 21.4 Å². The molecular weight excluding hydrogens is 480 g/mol. The standard InChI is InChI=1S/C18H16N4O5S4/c19-10(8-1-3-28-5-8)13(23)21-11-15(24)22-12(17(25)26)9(6-30-16(11)22)7-31-18(27)14-20-2-4-29-14/h1-5,10-11,16H,6-7,19H2,(H,21,23)(H,25,26)/t10-,11?,16-/m1/s1. The second-order valence-corrected chi connectivity index (χ2v) is 10.3. The maximum Gasteiger partial charge on any atom is 0.352 e. The number of fused-ring (bicyclic) bond motifs is 1. The average Bonchev–Trinajstić information content (AvgIpc) is 3.48. The maximum atomic E-state index is 12.7. The number of rotatable bonds is 7. The van der Waals surface area contributed by atoms with Crippen molar-refractivity contribution in [1.82, 2.24) is 15.2 Å². The lowest BCUT2D eigenvalue weighted by atomic mass is 10.0. The number of thiophene rings is 1. The summed E-state index contributed by atoms with van der Waals surface area (Å²) in [6.07, 6.45) is 1.53. The van der Waals surface area contributed by atoms with E-state index in [2.05, 4.69) is 10.3 Å². The van der Waals surface area contributed by atoms with Crippen molar-refractivity contribution in [3.8, 4) is 0 Å². The molecule has 0 spiro atoms. The van der Waals surface area contributed by atoms with E-state index in [-0.39, 0.29) is 16.6 Å². The lowest BCUT2D eigenvalue weighted by molar-refractivity contribution is -0.150. The van der Waals surface area contributed by atoms with Gasteiger partial charge in [0.15, 0.2) is 5.01 Å². The summed E-state index contributed by atoms with van der Waals surface area (Å²) in [6, 6.07) is -0.0100. The van der Waals surface area contributed by atoms with Crippen molar-refractivity contribution in [2.45, 2.75) is 17.5 Å². The first kappa shape index (κ1) is 22.0. The van der Waals surface area contributed by atoms with Crippen LogP contribution >= 0.6 is 46.2 Å². The number of amides is 2. The van der Waals surface area contributed by atoms with Crippen LogP contribution in [-0.4, -0.2) is 60.8 Å². The molecular formula is C18H16N4O5S4. The van der Waals surface area contributed by atoms with Crippen LogP contribution in [-0.2, 0) is 14.4 Å². The van der Waals surface area contributed by atoms with Gasteiger partial charge < -0.3 is 16.2 Å². The highest BCUT2D eigenvalue weighted by molar-refractivity contribution is 8.14. The fourth-order valence-corrected chi connectivity index (χ4v) is 6.86. The van der Waals surface area contributed by atoms with Gasteiger partial charge >= 0.3 is 5.97 Å². The van der Waals surface area contributed by atoms with Gasteiger partial charge in [0.1, 0.15) is 23.2 Å². The zero-order chi connectivity index (χ0) is 22.1. The van der Waals surface area contributed by atoms with E-state index in [0.717, 1.165) is 11.8 Å². The normalized spacial score (nSPS) is 21.3. The predicted octanol–water partition coefficient (Wildman–Crippen LogP) is 1.52. The van der Waals surface area contributed by atoms with Gasteiger partial charge in [-0.1, -0.05) is 11.8 Å². The summed E-state index contributed by atoms with van der Waals surface area (Å²) in [5.74, 6) is -1.76. The summed E-state index contributed by atoms with van der Waals surface area (Å²) in [5, 5.41) is 17.2. The van der Waals surface area contributed by atoms with Gasteiger partial charge in [-0.2, -0.15) is 11.3 Å². The summed E-state index contributed by atoms with van der Waals surface area (Å²) in [6.45, 7) is 0. The van der Waals surface area contributed by atoms with Crippen molar-refractivity contribution < 1.29 is 24.3 Å². The molecule has 1 fully saturated rings. The van der Waals surface area contributed by atoms with Gasteiger partial charge in [-0.15, -0.1) is 23.1 Å². The van der Waals surface area contributed by atoms with Gasteiger partial charge in [-0.05, 0) is 28.0 Å². The van der Waals surface area contributed by atoms with E-state index in [1.54, 1.807) is 22.2 Å². The van der Waals surface area contributed by atoms with Crippen LogP contribution in [0.2, 0.25) is 0 Å². The molecule has 9 nitrogen and oxygen atoms in total. The molecule has 1 saturated heterocycles. The Labute approximate surface area is 193 Å². The Hall–Kier alpha value is -2.19. The van der Waals surface area contributed by atoms with Crippen molar-refractivity contribution in [1.29, 1.82) is 0 Å². The summed E-state index contributed by atoms with van der Waals surface area (Å²) in [5.41, 5.74) is 6.96. The number of nitrogens with one attached hydrogen (secondary N) is 1. The molecule has 162 valence electrons. The number of hydrogen-bond donors (Lipinski definition) is 3. The molecule has 2 aliphatic rings. The quantitative estimate of drug-likeness (QED) is 0.486. The molecule has 0 aliphatic carbocycles. The molecule has 2 aromatic heterocycles. The second-order valence-electron chi connectivity index (χ2n) is 6.60. The zero-order valence-corrected chi connectivity index (χ0v) is 19.0. The van der Waals surface area contributed by atoms with Crippen molar-refractivity contribution in [3.05, 3.63) is 50.2 Å². The Balaban J connectivity index is 1.44. The van der Waals surface area contributed by atoms with Gasteiger partial charge in [0.2, 0.25) is 11.0 Å². The van der Waals surface area contributed by atoms with Gasteiger partial charge in [0.25, 0.3) is 5.91 Å². The SMILES string of the molecule is N[C@@H](C(=O)NC1C(=O)N2C(C(=O)O)=C(CSC(=O)c3nccs3)CS[C@H]12)c1ccsc1. The summed E-state index contributed by atoms with van der Waals surface area (Å²) < 4.78 is 0. The highest BCUT2D eigenvalue weighted by atomic mass is 32.2. The first-order valence-electron chi connectivity index (χ1n) is 8.93. The number of nitrogens with two attached hydrogens (primary N) is 1. The first-order valence-corrected chi connectivity index (χ1v) is 12.8. The minimum atomic E-state index is -1.24. The molecule has 2 aliphatic heterocycles. The monoisotopic (exact) mass is 496 g/mol. The van der Waals surface area contributed by atoms with Crippen LogP contribution < -0.4 is 11.1 Å². The van der Waals surface area contributed by atoms with Crippen LogP contribution in [0, 0.1) is 0 Å². The van der Waals surface area contributed by atoms with Crippen molar-refractivity contribution in [2.75, 3.05) is 11.5 Å². The van der Waals surface area contributed by atoms with Gasteiger partial charge in [0, 0.05) is 23.1 Å². The number of carboxylic acids is 1. The third kappa shape index (κ3) is 4.28. The second kappa shape index (κ2) is 9.12. The lowest BCUT2D eigenvalue weighted by Crippen LogP contribution is -2.71. The minimum absolute atomic E-state index is 0.124. The van der Waals surface area contributed by atoms with Crippen LogP contribution in [0.4, 0.5) is 0 Å². The molecule has 0 aromatic carbocycles. The zero-order valence-electron chi connectivity index (χ0n) is 15.7. The molecule has 13 heteroatoms. The topological polar surface area (TPSA) is 143 Å². The number of thioether (sulfide) groups is 2. The van der Waals surface area contributed by atoms with Crippen LogP contribution in [0.5, 0.6) is 0 Å². The number of thiazole rings is 1. The number of aliphatic carboxylic acids is 1. The minimum Gasteiger partial charge on any atom is -0.477 e. The van der Waals surface area contributed by atoms with E-state index >= 15 is 0 Å². The molecule has 0 saturated carbocycles. The highest BCUT2D eigenvalue weighted by Gasteiger charge is 2.54. The molecule has 2 amide bonds. The number of β-lactam (4-membered cyclic amide) rings is 1. The van der Waals surface area contributed by atoms with Crippen molar-refractivity contribution in [2.24, 2.45) is 5.73 Å².